The minimum absolute atomic E-state index is 0.0337. The van der Waals surface area contributed by atoms with Crippen LogP contribution >= 0.6 is 11.6 Å². The van der Waals surface area contributed by atoms with E-state index in [0.29, 0.717) is 18.3 Å². The van der Waals surface area contributed by atoms with Crippen molar-refractivity contribution in [1.29, 1.82) is 0 Å². The Hall–Kier alpha value is -0.320. The highest BCUT2D eigenvalue weighted by atomic mass is 35.5. The quantitative estimate of drug-likeness (QED) is 0.746. The second-order valence-corrected chi connectivity index (χ2v) is 5.37. The van der Waals surface area contributed by atoms with Gasteiger partial charge in [0.05, 0.1) is 12.2 Å². The average Bonchev–Trinajstić information content (AvgIpc) is 2.34. The fourth-order valence-electron chi connectivity index (χ4n) is 2.70. The minimum atomic E-state index is 0.0337. The molecule has 98 valence electrons. The zero-order valence-electron chi connectivity index (χ0n) is 10.1. The van der Waals surface area contributed by atoms with Crippen LogP contribution in [0.4, 0.5) is 0 Å². The molecule has 0 atom stereocenters. The first-order valence-corrected chi connectivity index (χ1v) is 6.98. The molecule has 5 heteroatoms. The van der Waals surface area contributed by atoms with Crippen LogP contribution in [0, 0.1) is 0 Å². The Morgan fingerprint density at radius 1 is 1.47 bits per heavy atom. The van der Waals surface area contributed by atoms with Crippen LogP contribution in [0.5, 0.6) is 0 Å². The molecule has 0 aromatic rings. The van der Waals surface area contributed by atoms with E-state index in [2.05, 4.69) is 10.6 Å². The highest BCUT2D eigenvalue weighted by Gasteiger charge is 2.37. The molecule has 2 rings (SSSR count). The van der Waals surface area contributed by atoms with Gasteiger partial charge in [0.2, 0.25) is 5.91 Å². The summed E-state index contributed by atoms with van der Waals surface area (Å²) in [5, 5.41) is 6.43. The van der Waals surface area contributed by atoms with Crippen molar-refractivity contribution in [2.75, 3.05) is 25.6 Å². The molecule has 2 aliphatic rings. The summed E-state index contributed by atoms with van der Waals surface area (Å²) in [5.41, 5.74) is 0.0337. The van der Waals surface area contributed by atoms with Gasteiger partial charge in [-0.3, -0.25) is 4.79 Å². The Kier molecular flexibility index (Phi) is 4.65. The Balaban J connectivity index is 1.75. The Labute approximate surface area is 107 Å². The summed E-state index contributed by atoms with van der Waals surface area (Å²) in [7, 11) is 0. The zero-order chi connectivity index (χ0) is 12.1. The summed E-state index contributed by atoms with van der Waals surface area (Å²) in [6.07, 6.45) is 4.50. The third-order valence-electron chi connectivity index (χ3n) is 3.72. The van der Waals surface area contributed by atoms with Gasteiger partial charge in [-0.2, -0.15) is 0 Å². The lowest BCUT2D eigenvalue weighted by Gasteiger charge is -2.43. The summed E-state index contributed by atoms with van der Waals surface area (Å²) in [4.78, 5) is 11.4. The lowest BCUT2D eigenvalue weighted by atomic mass is 9.81. The van der Waals surface area contributed by atoms with Crippen molar-refractivity contribution in [3.63, 3.8) is 0 Å². The molecule has 1 aliphatic heterocycles. The molecule has 4 nitrogen and oxygen atoms in total. The van der Waals surface area contributed by atoms with Crippen molar-refractivity contribution in [3.8, 4) is 0 Å². The molecule has 1 aliphatic carbocycles. The van der Waals surface area contributed by atoms with Gasteiger partial charge in [0.1, 0.15) is 0 Å². The van der Waals surface area contributed by atoms with E-state index in [4.69, 9.17) is 16.3 Å². The van der Waals surface area contributed by atoms with E-state index in [1.165, 1.54) is 0 Å². The maximum atomic E-state index is 11.4. The van der Waals surface area contributed by atoms with Gasteiger partial charge >= 0.3 is 0 Å². The minimum Gasteiger partial charge on any atom is -0.372 e. The molecule has 1 amide bonds. The lowest BCUT2D eigenvalue weighted by Crippen LogP contribution is -2.53. The number of morpholine rings is 1. The van der Waals surface area contributed by atoms with Crippen molar-refractivity contribution >= 4 is 17.5 Å². The second-order valence-electron chi connectivity index (χ2n) is 4.99. The number of nitrogens with one attached hydrogen (secondary N) is 2. The highest BCUT2D eigenvalue weighted by molar-refractivity contribution is 6.18. The van der Waals surface area contributed by atoms with E-state index in [0.717, 1.165) is 45.4 Å². The Bertz CT molecular complexity index is 257. The van der Waals surface area contributed by atoms with Crippen molar-refractivity contribution in [1.82, 2.24) is 10.6 Å². The van der Waals surface area contributed by atoms with Crippen molar-refractivity contribution < 1.29 is 9.53 Å². The summed E-state index contributed by atoms with van der Waals surface area (Å²) < 4.78 is 5.91. The molecule has 2 N–H and O–H groups in total. The van der Waals surface area contributed by atoms with Gasteiger partial charge in [-0.25, -0.2) is 0 Å². The molecule has 1 heterocycles. The Morgan fingerprint density at radius 2 is 2.24 bits per heavy atom. The number of carbonyl (C=O) groups is 1. The number of alkyl halides is 1. The summed E-state index contributed by atoms with van der Waals surface area (Å²) in [6, 6.07) is 0.307. The van der Waals surface area contributed by atoms with Crippen LogP contribution in [-0.4, -0.2) is 43.1 Å². The van der Waals surface area contributed by atoms with E-state index >= 15 is 0 Å². The smallest absolute Gasteiger partial charge is 0.221 e. The second kappa shape index (κ2) is 6.03. The molecule has 0 radical (unpaired) electrons. The largest absolute Gasteiger partial charge is 0.372 e. The number of hydrogen-bond acceptors (Lipinski definition) is 3. The standard InChI is InChI=1S/C12H21ClN2O2/c13-6-3-11(16)15-10-1-4-12(5-2-10)9-14-7-8-17-12/h10,14H,1-9H2,(H,15,16). The van der Waals surface area contributed by atoms with Crippen molar-refractivity contribution in [2.24, 2.45) is 0 Å². The average molecular weight is 261 g/mol. The first kappa shape index (κ1) is 13.1. The molecule has 1 saturated heterocycles. The number of hydrogen-bond donors (Lipinski definition) is 2. The van der Waals surface area contributed by atoms with Gasteiger partial charge in [0.15, 0.2) is 0 Å². The van der Waals surface area contributed by atoms with Crippen LogP contribution < -0.4 is 10.6 Å². The molecule has 0 unspecified atom stereocenters. The van der Waals surface area contributed by atoms with Crippen LogP contribution in [0.1, 0.15) is 32.1 Å². The van der Waals surface area contributed by atoms with E-state index in [-0.39, 0.29) is 11.5 Å². The molecule has 0 aromatic heterocycles. The van der Waals surface area contributed by atoms with Gasteiger partial charge in [-0.15, -0.1) is 11.6 Å². The topological polar surface area (TPSA) is 50.4 Å². The predicted molar refractivity (Wildman–Crippen MR) is 67.3 cm³/mol. The summed E-state index contributed by atoms with van der Waals surface area (Å²) >= 11 is 5.54. The van der Waals surface area contributed by atoms with E-state index < -0.39 is 0 Å². The maximum absolute atomic E-state index is 11.4. The normalized spacial score (nSPS) is 33.6. The van der Waals surface area contributed by atoms with Gasteiger partial charge in [0, 0.05) is 31.4 Å². The van der Waals surface area contributed by atoms with Gasteiger partial charge < -0.3 is 15.4 Å². The van der Waals surface area contributed by atoms with Crippen LogP contribution in [-0.2, 0) is 9.53 Å². The van der Waals surface area contributed by atoms with E-state index in [1.807, 2.05) is 0 Å². The van der Waals surface area contributed by atoms with Gasteiger partial charge in [-0.1, -0.05) is 0 Å². The van der Waals surface area contributed by atoms with Crippen molar-refractivity contribution in [2.45, 2.75) is 43.7 Å². The maximum Gasteiger partial charge on any atom is 0.221 e. The van der Waals surface area contributed by atoms with Crippen LogP contribution in [0.2, 0.25) is 0 Å². The van der Waals surface area contributed by atoms with E-state index in [1.54, 1.807) is 0 Å². The molecule has 0 aromatic carbocycles. The van der Waals surface area contributed by atoms with E-state index in [9.17, 15) is 4.79 Å². The van der Waals surface area contributed by atoms with Crippen LogP contribution in [0.25, 0.3) is 0 Å². The third kappa shape index (κ3) is 3.57. The highest BCUT2D eigenvalue weighted by Crippen LogP contribution is 2.32. The molecule has 0 bridgehead atoms. The Morgan fingerprint density at radius 3 is 2.82 bits per heavy atom. The first-order chi connectivity index (χ1) is 8.24. The summed E-state index contributed by atoms with van der Waals surface area (Å²) in [6.45, 7) is 2.72. The third-order valence-corrected chi connectivity index (χ3v) is 3.91. The van der Waals surface area contributed by atoms with Crippen LogP contribution in [0.15, 0.2) is 0 Å². The zero-order valence-corrected chi connectivity index (χ0v) is 10.9. The molecule has 17 heavy (non-hydrogen) atoms. The monoisotopic (exact) mass is 260 g/mol. The van der Waals surface area contributed by atoms with Gasteiger partial charge in [0.25, 0.3) is 0 Å². The fourth-order valence-corrected chi connectivity index (χ4v) is 2.87. The molecule has 1 saturated carbocycles. The van der Waals surface area contributed by atoms with Crippen molar-refractivity contribution in [3.05, 3.63) is 0 Å². The first-order valence-electron chi connectivity index (χ1n) is 6.44. The lowest BCUT2D eigenvalue weighted by molar-refractivity contribution is -0.123. The number of ether oxygens (including phenoxy) is 1. The fraction of sp³-hybridized carbons (Fsp3) is 0.917. The number of carbonyl (C=O) groups excluding carboxylic acids is 1. The summed E-state index contributed by atoms with van der Waals surface area (Å²) in [5.74, 6) is 0.471. The number of halogens is 1. The number of amides is 1. The predicted octanol–water partition coefficient (Wildman–Crippen LogP) is 1.03. The van der Waals surface area contributed by atoms with Crippen LogP contribution in [0.3, 0.4) is 0 Å². The molecular formula is C12H21ClN2O2. The SMILES string of the molecule is O=C(CCCl)NC1CCC2(CC1)CNCCO2. The number of rotatable bonds is 3. The molecule has 2 fully saturated rings. The van der Waals surface area contributed by atoms with Gasteiger partial charge in [-0.05, 0) is 25.7 Å². The molecule has 1 spiro atoms. The molecular weight excluding hydrogens is 240 g/mol.